The summed E-state index contributed by atoms with van der Waals surface area (Å²) in [6, 6.07) is 10.8. The van der Waals surface area contributed by atoms with E-state index in [2.05, 4.69) is 56.3 Å². The van der Waals surface area contributed by atoms with E-state index in [1.165, 1.54) is 10.4 Å². The minimum absolute atomic E-state index is 0.450. The van der Waals surface area contributed by atoms with Gasteiger partial charge in [0.15, 0.2) is 5.82 Å². The van der Waals surface area contributed by atoms with Crippen molar-refractivity contribution in [1.29, 1.82) is 0 Å². The molecular formula is C18H21N5S. The van der Waals surface area contributed by atoms with Crippen LogP contribution in [0, 0.1) is 0 Å². The van der Waals surface area contributed by atoms with E-state index in [9.17, 15) is 0 Å². The van der Waals surface area contributed by atoms with Crippen LogP contribution in [0.25, 0.3) is 10.6 Å². The predicted octanol–water partition coefficient (Wildman–Crippen LogP) is 3.07. The Morgan fingerprint density at radius 3 is 3.00 bits per heavy atom. The second-order valence-corrected chi connectivity index (χ2v) is 7.21. The lowest BCUT2D eigenvalue weighted by molar-refractivity contribution is 0.358. The van der Waals surface area contributed by atoms with Crippen LogP contribution in [0.3, 0.4) is 0 Å². The lowest BCUT2D eigenvalue weighted by atomic mass is 10.1. The number of hydrogen-bond donors (Lipinski definition) is 1. The molecule has 6 heteroatoms. The topological polar surface area (TPSA) is 55.6 Å². The quantitative estimate of drug-likeness (QED) is 0.776. The fourth-order valence-electron chi connectivity index (χ4n) is 3.03. The van der Waals surface area contributed by atoms with Crippen LogP contribution in [0.2, 0.25) is 0 Å². The third-order valence-electron chi connectivity index (χ3n) is 4.36. The Kier molecular flexibility index (Phi) is 4.40. The summed E-state index contributed by atoms with van der Waals surface area (Å²) in [4.78, 5) is 10.4. The van der Waals surface area contributed by atoms with Gasteiger partial charge in [0.05, 0.1) is 6.54 Å². The van der Waals surface area contributed by atoms with Gasteiger partial charge in [-0.3, -0.25) is 0 Å². The highest BCUT2D eigenvalue weighted by Gasteiger charge is 2.21. The fourth-order valence-corrected chi connectivity index (χ4v) is 3.89. The summed E-state index contributed by atoms with van der Waals surface area (Å²) < 4.78 is 2.07. The van der Waals surface area contributed by atoms with Crippen molar-refractivity contribution in [3.63, 3.8) is 0 Å². The highest BCUT2D eigenvalue weighted by Crippen LogP contribution is 2.25. The van der Waals surface area contributed by atoms with E-state index in [1.54, 1.807) is 11.3 Å². The van der Waals surface area contributed by atoms with Crippen LogP contribution in [-0.2, 0) is 25.9 Å². The van der Waals surface area contributed by atoms with Crippen LogP contribution in [-0.4, -0.2) is 25.8 Å². The van der Waals surface area contributed by atoms with Crippen LogP contribution in [0.15, 0.2) is 36.5 Å². The van der Waals surface area contributed by atoms with Crippen molar-refractivity contribution < 1.29 is 0 Å². The Hall–Kier alpha value is -2.05. The molecule has 1 atom stereocenters. The van der Waals surface area contributed by atoms with E-state index in [-0.39, 0.29) is 0 Å². The first kappa shape index (κ1) is 15.5. The van der Waals surface area contributed by atoms with Gasteiger partial charge in [-0.2, -0.15) is 5.10 Å². The number of nitrogens with zero attached hydrogens (tertiary/aromatic N) is 4. The first-order chi connectivity index (χ1) is 11.8. The van der Waals surface area contributed by atoms with Crippen molar-refractivity contribution in [3.05, 3.63) is 53.1 Å². The van der Waals surface area contributed by atoms with Gasteiger partial charge in [-0.05, 0) is 6.42 Å². The summed E-state index contributed by atoms with van der Waals surface area (Å²) in [5, 5.41) is 9.31. The average Bonchev–Trinajstić information content (AvgIpc) is 3.27. The average molecular weight is 339 g/mol. The first-order valence-electron chi connectivity index (χ1n) is 8.48. The maximum absolute atomic E-state index is 4.58. The Bertz CT molecular complexity index is 808. The zero-order chi connectivity index (χ0) is 16.4. The minimum atomic E-state index is 0.450. The molecule has 0 fully saturated rings. The van der Waals surface area contributed by atoms with Gasteiger partial charge in [0, 0.05) is 42.1 Å². The van der Waals surface area contributed by atoms with Crippen molar-refractivity contribution in [2.75, 3.05) is 0 Å². The molecule has 1 aliphatic rings. The van der Waals surface area contributed by atoms with E-state index >= 15 is 0 Å². The molecular weight excluding hydrogens is 318 g/mol. The largest absolute Gasteiger partial charge is 0.307 e. The molecule has 3 heterocycles. The molecule has 1 N–H and O–H groups in total. The molecule has 1 aliphatic heterocycles. The summed E-state index contributed by atoms with van der Waals surface area (Å²) in [7, 11) is 0. The number of hydrogen-bond acceptors (Lipinski definition) is 5. The van der Waals surface area contributed by atoms with Crippen molar-refractivity contribution in [2.45, 2.75) is 45.3 Å². The van der Waals surface area contributed by atoms with Crippen molar-refractivity contribution in [1.82, 2.24) is 25.1 Å². The number of benzene rings is 1. The molecule has 1 aromatic carbocycles. The zero-order valence-corrected chi connectivity index (χ0v) is 14.6. The zero-order valence-electron chi connectivity index (χ0n) is 13.8. The number of fused-ring (bicyclic) bond motifs is 1. The first-order valence-corrected chi connectivity index (χ1v) is 9.29. The van der Waals surface area contributed by atoms with Crippen molar-refractivity contribution in [2.24, 2.45) is 0 Å². The summed E-state index contributed by atoms with van der Waals surface area (Å²) in [5.74, 6) is 2.09. The molecule has 0 aliphatic carbocycles. The summed E-state index contributed by atoms with van der Waals surface area (Å²) in [6.45, 7) is 3.87. The Morgan fingerprint density at radius 1 is 1.29 bits per heavy atom. The van der Waals surface area contributed by atoms with Crippen LogP contribution in [0.1, 0.15) is 29.9 Å². The minimum Gasteiger partial charge on any atom is -0.307 e. The summed E-state index contributed by atoms with van der Waals surface area (Å²) >= 11 is 1.76. The number of rotatable bonds is 5. The number of thiazole rings is 1. The van der Waals surface area contributed by atoms with Gasteiger partial charge < -0.3 is 5.32 Å². The molecule has 0 radical (unpaired) electrons. The van der Waals surface area contributed by atoms with Gasteiger partial charge in [0.1, 0.15) is 10.8 Å². The van der Waals surface area contributed by atoms with E-state index in [1.807, 2.05) is 12.3 Å². The molecule has 4 rings (SSSR count). The second-order valence-electron chi connectivity index (χ2n) is 6.09. The van der Waals surface area contributed by atoms with Crippen molar-refractivity contribution >= 4 is 11.3 Å². The van der Waals surface area contributed by atoms with Crippen LogP contribution >= 0.6 is 11.3 Å². The van der Waals surface area contributed by atoms with Gasteiger partial charge in [0.25, 0.3) is 0 Å². The van der Waals surface area contributed by atoms with Gasteiger partial charge >= 0.3 is 0 Å². The molecule has 124 valence electrons. The standard InChI is InChI=1S/C18H21N5S/c1-2-16-21-17-9-8-14(12-23(17)22-16)19-10-15-11-20-18(24-15)13-6-4-3-5-7-13/h3-7,11,14,19H,2,8-10,12H2,1H3/t14-/m0/s1. The van der Waals surface area contributed by atoms with E-state index < -0.39 is 0 Å². The molecule has 0 saturated heterocycles. The Morgan fingerprint density at radius 2 is 2.17 bits per heavy atom. The molecule has 0 saturated carbocycles. The normalized spacial score (nSPS) is 17.0. The van der Waals surface area contributed by atoms with Gasteiger partial charge in [0.2, 0.25) is 0 Å². The molecule has 5 nitrogen and oxygen atoms in total. The lowest BCUT2D eigenvalue weighted by Gasteiger charge is -2.23. The van der Waals surface area contributed by atoms with E-state index in [0.29, 0.717) is 6.04 Å². The fraction of sp³-hybridized carbons (Fsp3) is 0.389. The predicted molar refractivity (Wildman–Crippen MR) is 95.9 cm³/mol. The summed E-state index contributed by atoms with van der Waals surface area (Å²) in [6.07, 6.45) is 5.01. The molecule has 0 spiro atoms. The number of nitrogens with one attached hydrogen (secondary N) is 1. The second kappa shape index (κ2) is 6.83. The van der Waals surface area contributed by atoms with Crippen molar-refractivity contribution in [3.8, 4) is 10.6 Å². The van der Waals surface area contributed by atoms with Gasteiger partial charge in [-0.15, -0.1) is 11.3 Å². The molecule has 3 aromatic rings. The highest BCUT2D eigenvalue weighted by atomic mass is 32.1. The molecule has 0 unspecified atom stereocenters. The number of aryl methyl sites for hydroxylation is 2. The van der Waals surface area contributed by atoms with Crippen LogP contribution in [0.5, 0.6) is 0 Å². The SMILES string of the molecule is CCc1nc2n(n1)C[C@@H](NCc1cnc(-c3ccccc3)s1)CC2. The van der Waals surface area contributed by atoms with Gasteiger partial charge in [-0.1, -0.05) is 37.3 Å². The molecule has 0 bridgehead atoms. The third-order valence-corrected chi connectivity index (χ3v) is 5.40. The smallest absolute Gasteiger partial charge is 0.150 e. The lowest BCUT2D eigenvalue weighted by Crippen LogP contribution is -2.37. The van der Waals surface area contributed by atoms with Gasteiger partial charge in [-0.25, -0.2) is 14.6 Å². The maximum Gasteiger partial charge on any atom is 0.150 e. The maximum atomic E-state index is 4.58. The molecule has 24 heavy (non-hydrogen) atoms. The van der Waals surface area contributed by atoms with Crippen LogP contribution in [0.4, 0.5) is 0 Å². The summed E-state index contributed by atoms with van der Waals surface area (Å²) in [5.41, 5.74) is 1.19. The molecule has 0 amide bonds. The van der Waals surface area contributed by atoms with Crippen LogP contribution < -0.4 is 5.32 Å². The monoisotopic (exact) mass is 339 g/mol. The Labute approximate surface area is 145 Å². The van der Waals surface area contributed by atoms with E-state index in [4.69, 9.17) is 0 Å². The number of aromatic nitrogens is 4. The highest BCUT2D eigenvalue weighted by molar-refractivity contribution is 7.15. The molecule has 2 aromatic heterocycles. The Balaban J connectivity index is 1.37. The van der Waals surface area contributed by atoms with E-state index in [0.717, 1.165) is 49.0 Å². The third kappa shape index (κ3) is 3.25.